The largest absolute Gasteiger partial charge is 0.490 e. The molecule has 0 aliphatic carbocycles. The van der Waals surface area contributed by atoms with Gasteiger partial charge in [0.1, 0.15) is 5.69 Å². The second kappa shape index (κ2) is 7.29. The predicted octanol–water partition coefficient (Wildman–Crippen LogP) is 2.77. The third-order valence-electron chi connectivity index (χ3n) is 3.88. The highest BCUT2D eigenvalue weighted by Crippen LogP contribution is 2.34. The molecule has 0 saturated heterocycles. The van der Waals surface area contributed by atoms with E-state index < -0.39 is 0 Å². The van der Waals surface area contributed by atoms with E-state index in [2.05, 4.69) is 29.1 Å². The molecule has 3 rings (SSSR count). The first-order chi connectivity index (χ1) is 11.6. The van der Waals surface area contributed by atoms with Gasteiger partial charge in [-0.1, -0.05) is 19.9 Å². The van der Waals surface area contributed by atoms with Crippen LogP contribution in [0.5, 0.6) is 11.5 Å². The number of carbonyl (C=O) groups excluding carboxylic acids is 1. The summed E-state index contributed by atoms with van der Waals surface area (Å²) in [5.41, 5.74) is 1.28. The molecular weight excluding hydrogens is 306 g/mol. The molecular formula is C18H21N3O3. The number of benzene rings is 1. The number of hydrogen-bond donors (Lipinski definition) is 1. The van der Waals surface area contributed by atoms with Crippen LogP contribution in [0.25, 0.3) is 0 Å². The van der Waals surface area contributed by atoms with Crippen molar-refractivity contribution in [3.05, 3.63) is 48.0 Å². The lowest BCUT2D eigenvalue weighted by molar-refractivity contribution is 0.0920. The summed E-state index contributed by atoms with van der Waals surface area (Å²) < 4.78 is 11.4. The summed E-state index contributed by atoms with van der Waals surface area (Å²) in [5, 5.41) is 3.03. The first-order valence-corrected chi connectivity index (χ1v) is 8.11. The van der Waals surface area contributed by atoms with Crippen LogP contribution in [0.1, 0.15) is 42.4 Å². The Morgan fingerprint density at radius 2 is 1.96 bits per heavy atom. The minimum atomic E-state index is -0.242. The van der Waals surface area contributed by atoms with Crippen LogP contribution in [0, 0.1) is 5.92 Å². The van der Waals surface area contributed by atoms with E-state index in [0.29, 0.717) is 18.9 Å². The number of rotatable bonds is 4. The van der Waals surface area contributed by atoms with Gasteiger partial charge in [0.2, 0.25) is 0 Å². The van der Waals surface area contributed by atoms with Gasteiger partial charge in [-0.25, -0.2) is 4.98 Å². The van der Waals surface area contributed by atoms with Gasteiger partial charge in [-0.15, -0.1) is 0 Å². The van der Waals surface area contributed by atoms with E-state index in [4.69, 9.17) is 9.47 Å². The number of amides is 1. The van der Waals surface area contributed by atoms with Crippen LogP contribution < -0.4 is 14.8 Å². The molecule has 0 saturated carbocycles. The van der Waals surface area contributed by atoms with E-state index >= 15 is 0 Å². The summed E-state index contributed by atoms with van der Waals surface area (Å²) in [6.07, 6.45) is 5.37. The summed E-state index contributed by atoms with van der Waals surface area (Å²) in [6, 6.07) is 5.66. The summed E-state index contributed by atoms with van der Waals surface area (Å²) in [5.74, 6) is 1.44. The Hall–Kier alpha value is -2.63. The minimum Gasteiger partial charge on any atom is -0.490 e. The van der Waals surface area contributed by atoms with Crippen LogP contribution in [0.15, 0.2) is 36.8 Å². The smallest absolute Gasteiger partial charge is 0.271 e. The van der Waals surface area contributed by atoms with Crippen LogP contribution in [0.2, 0.25) is 0 Å². The second-order valence-electron chi connectivity index (χ2n) is 6.04. The molecule has 0 fully saturated rings. The summed E-state index contributed by atoms with van der Waals surface area (Å²) in [4.78, 5) is 20.4. The Bertz CT molecular complexity index is 704. The summed E-state index contributed by atoms with van der Waals surface area (Å²) in [6.45, 7) is 5.41. The molecule has 1 atom stereocenters. The summed E-state index contributed by atoms with van der Waals surface area (Å²) in [7, 11) is 0. The first kappa shape index (κ1) is 16.2. The van der Waals surface area contributed by atoms with Crippen molar-refractivity contribution in [1.82, 2.24) is 15.3 Å². The van der Waals surface area contributed by atoms with Crippen molar-refractivity contribution in [2.45, 2.75) is 26.3 Å². The molecule has 1 aromatic carbocycles. The van der Waals surface area contributed by atoms with Crippen molar-refractivity contribution in [3.63, 3.8) is 0 Å². The molecule has 126 valence electrons. The van der Waals surface area contributed by atoms with Crippen molar-refractivity contribution in [3.8, 4) is 11.5 Å². The van der Waals surface area contributed by atoms with Gasteiger partial charge in [0.25, 0.3) is 5.91 Å². The average Bonchev–Trinajstić information content (AvgIpc) is 2.84. The minimum absolute atomic E-state index is 0.156. The molecule has 1 N–H and O–H groups in total. The number of fused-ring (bicyclic) bond motifs is 1. The number of nitrogens with one attached hydrogen (secondary N) is 1. The maximum absolute atomic E-state index is 12.4. The normalized spacial score (nSPS) is 14.8. The van der Waals surface area contributed by atoms with E-state index in [-0.39, 0.29) is 17.9 Å². The van der Waals surface area contributed by atoms with E-state index in [1.54, 1.807) is 6.20 Å². The van der Waals surface area contributed by atoms with Crippen molar-refractivity contribution in [1.29, 1.82) is 0 Å². The van der Waals surface area contributed by atoms with Gasteiger partial charge in [0, 0.05) is 18.8 Å². The molecule has 6 heteroatoms. The molecule has 2 aromatic rings. The highest BCUT2D eigenvalue weighted by Gasteiger charge is 2.22. The topological polar surface area (TPSA) is 73.3 Å². The first-order valence-electron chi connectivity index (χ1n) is 8.11. The van der Waals surface area contributed by atoms with E-state index in [9.17, 15) is 4.79 Å². The van der Waals surface area contributed by atoms with Crippen LogP contribution >= 0.6 is 0 Å². The number of carbonyl (C=O) groups is 1. The van der Waals surface area contributed by atoms with Gasteiger partial charge in [0.15, 0.2) is 11.5 Å². The number of hydrogen-bond acceptors (Lipinski definition) is 5. The lowest BCUT2D eigenvalue weighted by Crippen LogP contribution is -2.32. The van der Waals surface area contributed by atoms with E-state index in [1.165, 1.54) is 12.4 Å². The third-order valence-corrected chi connectivity index (χ3v) is 3.88. The Morgan fingerprint density at radius 1 is 1.17 bits per heavy atom. The average molecular weight is 327 g/mol. The maximum Gasteiger partial charge on any atom is 0.271 e. The number of aromatic nitrogens is 2. The second-order valence-corrected chi connectivity index (χ2v) is 6.04. The fourth-order valence-corrected chi connectivity index (χ4v) is 2.64. The number of nitrogens with zero attached hydrogens (tertiary/aromatic N) is 2. The van der Waals surface area contributed by atoms with Crippen molar-refractivity contribution >= 4 is 5.91 Å². The zero-order valence-corrected chi connectivity index (χ0v) is 13.9. The maximum atomic E-state index is 12.4. The third kappa shape index (κ3) is 3.64. The molecule has 0 bridgehead atoms. The van der Waals surface area contributed by atoms with E-state index in [0.717, 1.165) is 23.5 Å². The van der Waals surface area contributed by atoms with Gasteiger partial charge in [0.05, 0.1) is 25.5 Å². The lowest BCUT2D eigenvalue weighted by atomic mass is 9.95. The van der Waals surface area contributed by atoms with Gasteiger partial charge in [-0.05, 0) is 23.6 Å². The zero-order chi connectivity index (χ0) is 16.9. The lowest BCUT2D eigenvalue weighted by Gasteiger charge is -2.23. The van der Waals surface area contributed by atoms with Crippen LogP contribution in [-0.2, 0) is 0 Å². The van der Waals surface area contributed by atoms with Crippen LogP contribution in [0.3, 0.4) is 0 Å². The van der Waals surface area contributed by atoms with Gasteiger partial charge >= 0.3 is 0 Å². The molecule has 1 aliphatic rings. The highest BCUT2D eigenvalue weighted by molar-refractivity contribution is 5.92. The Balaban J connectivity index is 1.83. The van der Waals surface area contributed by atoms with Crippen molar-refractivity contribution < 1.29 is 14.3 Å². The number of ether oxygens (including phenoxy) is 2. The molecule has 6 nitrogen and oxygen atoms in total. The van der Waals surface area contributed by atoms with Crippen molar-refractivity contribution in [2.24, 2.45) is 5.92 Å². The van der Waals surface area contributed by atoms with Gasteiger partial charge in [-0.2, -0.15) is 0 Å². The zero-order valence-electron chi connectivity index (χ0n) is 13.9. The highest BCUT2D eigenvalue weighted by atomic mass is 16.5. The predicted molar refractivity (Wildman–Crippen MR) is 89.1 cm³/mol. The molecule has 24 heavy (non-hydrogen) atoms. The molecule has 1 aliphatic heterocycles. The van der Waals surface area contributed by atoms with Crippen LogP contribution in [0.4, 0.5) is 0 Å². The molecule has 0 unspecified atom stereocenters. The Labute approximate surface area is 141 Å². The van der Waals surface area contributed by atoms with Gasteiger partial charge in [-0.3, -0.25) is 9.78 Å². The molecule has 2 heterocycles. The molecule has 1 aromatic heterocycles. The SMILES string of the molecule is CC(C)[C@@H](NC(=O)c1cnccn1)c1ccc2c(c1)OCCCO2. The van der Waals surface area contributed by atoms with E-state index in [1.807, 2.05) is 18.2 Å². The van der Waals surface area contributed by atoms with Crippen molar-refractivity contribution in [2.75, 3.05) is 13.2 Å². The monoisotopic (exact) mass is 327 g/mol. The molecule has 0 radical (unpaired) electrons. The Morgan fingerprint density at radius 3 is 2.67 bits per heavy atom. The summed E-state index contributed by atoms with van der Waals surface area (Å²) >= 11 is 0. The quantitative estimate of drug-likeness (QED) is 0.935. The standard InChI is InChI=1S/C18H21N3O3/c1-12(2)17(21-18(22)14-11-19-6-7-20-14)13-4-5-15-16(10-13)24-9-3-8-23-15/h4-7,10-12,17H,3,8-9H2,1-2H3,(H,21,22)/t17-/m1/s1. The van der Waals surface area contributed by atoms with Gasteiger partial charge < -0.3 is 14.8 Å². The fraction of sp³-hybridized carbons (Fsp3) is 0.389. The molecule has 1 amide bonds. The fourth-order valence-electron chi connectivity index (χ4n) is 2.64. The van der Waals surface area contributed by atoms with Crippen LogP contribution in [-0.4, -0.2) is 29.1 Å². The molecule has 0 spiro atoms. The Kier molecular flexibility index (Phi) is 4.93.